The fraction of sp³-hybridized carbons (Fsp3) is 0.517. The molecule has 2 aromatic rings. The minimum Gasteiger partial charge on any atom is -0.309 e. The van der Waals surface area contributed by atoms with Gasteiger partial charge in [-0.3, -0.25) is 0 Å². The van der Waals surface area contributed by atoms with Crippen LogP contribution in [0.15, 0.2) is 72.4 Å². The second-order valence-corrected chi connectivity index (χ2v) is 10.6. The van der Waals surface area contributed by atoms with Crippen molar-refractivity contribution >= 4 is 0 Å². The Labute approximate surface area is 213 Å². The van der Waals surface area contributed by atoms with Crippen LogP contribution in [0.25, 0.3) is 0 Å². The third-order valence-corrected chi connectivity index (χ3v) is 6.81. The lowest BCUT2D eigenvalue weighted by Gasteiger charge is -2.41. The van der Waals surface area contributed by atoms with E-state index in [0.29, 0.717) is 12.1 Å². The fourth-order valence-electron chi connectivity index (χ4n) is 4.54. The van der Waals surface area contributed by atoms with Gasteiger partial charge in [0.25, 0.3) is 0 Å². The van der Waals surface area contributed by atoms with E-state index in [1.165, 1.54) is 16.7 Å². The summed E-state index contributed by atoms with van der Waals surface area (Å²) in [6, 6.07) is 22.5. The number of nitrogens with zero attached hydrogens (tertiary/aromatic N) is 5. The van der Waals surface area contributed by atoms with Gasteiger partial charge in [0.15, 0.2) is 0 Å². The molecule has 6 heteroatoms. The zero-order valence-electron chi connectivity index (χ0n) is 22.7. The van der Waals surface area contributed by atoms with E-state index in [1.807, 2.05) is 0 Å². The van der Waals surface area contributed by atoms with Crippen LogP contribution in [-0.4, -0.2) is 105 Å². The molecule has 0 fully saturated rings. The van der Waals surface area contributed by atoms with Crippen molar-refractivity contribution in [2.24, 2.45) is 0 Å². The first-order valence-corrected chi connectivity index (χ1v) is 12.8. The maximum absolute atomic E-state index is 3.74. The lowest BCUT2D eigenvalue weighted by Crippen LogP contribution is -2.58. The predicted octanol–water partition coefficient (Wildman–Crippen LogP) is 3.21. The van der Waals surface area contributed by atoms with Crippen LogP contribution < -0.4 is 5.53 Å². The lowest BCUT2D eigenvalue weighted by atomic mass is 10.0. The van der Waals surface area contributed by atoms with Crippen LogP contribution in [0.5, 0.6) is 0 Å². The van der Waals surface area contributed by atoms with Crippen LogP contribution in [0.1, 0.15) is 17.5 Å². The smallest absolute Gasteiger partial charge is 0.0510 e. The Kier molecular flexibility index (Phi) is 10.8. The molecular formula is C29H46N6. The second-order valence-electron chi connectivity index (χ2n) is 10.6. The summed E-state index contributed by atoms with van der Waals surface area (Å²) >= 11 is 0. The van der Waals surface area contributed by atoms with Crippen LogP contribution in [0.3, 0.4) is 0 Å². The molecule has 1 N–H and O–H groups in total. The summed E-state index contributed by atoms with van der Waals surface area (Å²) < 4.78 is 0. The van der Waals surface area contributed by atoms with Crippen molar-refractivity contribution in [3.8, 4) is 0 Å². The average Bonchev–Trinajstić information content (AvgIpc) is 2.83. The van der Waals surface area contributed by atoms with Gasteiger partial charge in [0, 0.05) is 37.9 Å². The fourth-order valence-corrected chi connectivity index (χ4v) is 4.54. The van der Waals surface area contributed by atoms with Crippen molar-refractivity contribution in [3.63, 3.8) is 0 Å². The van der Waals surface area contributed by atoms with E-state index in [4.69, 9.17) is 0 Å². The third kappa shape index (κ3) is 9.39. The van der Waals surface area contributed by atoms with Gasteiger partial charge in [-0.15, -0.1) is 0 Å². The Morgan fingerprint density at radius 1 is 0.743 bits per heavy atom. The molecule has 0 spiro atoms. The van der Waals surface area contributed by atoms with E-state index in [2.05, 4.69) is 139 Å². The maximum Gasteiger partial charge on any atom is 0.0510 e. The first kappa shape index (κ1) is 27.4. The molecule has 0 saturated carbocycles. The number of hydrogen-bond acceptors (Lipinski definition) is 6. The molecule has 1 heterocycles. The van der Waals surface area contributed by atoms with E-state index in [-0.39, 0.29) is 0 Å². The van der Waals surface area contributed by atoms with Gasteiger partial charge in [-0.05, 0) is 78.2 Å². The molecule has 2 atom stereocenters. The lowest BCUT2D eigenvalue weighted by molar-refractivity contribution is 0.0164. The van der Waals surface area contributed by atoms with Gasteiger partial charge >= 0.3 is 0 Å². The summed E-state index contributed by atoms with van der Waals surface area (Å²) in [6.07, 6.45) is 5.50. The highest BCUT2D eigenvalue weighted by molar-refractivity contribution is 5.17. The van der Waals surface area contributed by atoms with Gasteiger partial charge in [0.2, 0.25) is 0 Å². The first-order chi connectivity index (χ1) is 16.8. The number of nitrogens with one attached hydrogen (secondary N) is 1. The first-order valence-electron chi connectivity index (χ1n) is 12.8. The highest BCUT2D eigenvalue weighted by Crippen LogP contribution is 2.16. The Hall–Kier alpha value is -2.22. The summed E-state index contributed by atoms with van der Waals surface area (Å²) in [5, 5.41) is 4.73. The Morgan fingerprint density at radius 3 is 1.74 bits per heavy atom. The molecule has 1 aliphatic heterocycles. The van der Waals surface area contributed by atoms with E-state index >= 15 is 0 Å². The molecule has 0 radical (unpaired) electrons. The number of benzene rings is 2. The number of rotatable bonds is 13. The number of hydrazine groups is 2. The molecule has 6 nitrogen and oxygen atoms in total. The quantitative estimate of drug-likeness (QED) is 0.475. The molecule has 192 valence electrons. The molecule has 2 unspecified atom stereocenters. The SMILES string of the molecule is CN(C)CCC1=CN(CC(Cc2ccccc2)N(C)C)NN(CC(Cc2ccccc2)N(C)C)C1. The van der Waals surface area contributed by atoms with E-state index in [9.17, 15) is 0 Å². The van der Waals surface area contributed by atoms with Gasteiger partial charge in [-0.1, -0.05) is 60.7 Å². The Bertz CT molecular complexity index is 881. The van der Waals surface area contributed by atoms with Gasteiger partial charge in [-0.25, -0.2) is 5.01 Å². The number of hydrogen-bond donors (Lipinski definition) is 1. The average molecular weight is 479 g/mol. The Balaban J connectivity index is 1.72. The van der Waals surface area contributed by atoms with Gasteiger partial charge < -0.3 is 19.7 Å². The minimum atomic E-state index is 0.408. The summed E-state index contributed by atoms with van der Waals surface area (Å²) in [5.74, 6) is 0. The number of likely N-dealkylation sites (N-methyl/N-ethyl adjacent to an activating group) is 2. The van der Waals surface area contributed by atoms with E-state index in [0.717, 1.165) is 45.4 Å². The molecular weight excluding hydrogens is 432 g/mol. The van der Waals surface area contributed by atoms with Crippen LogP contribution in [-0.2, 0) is 12.8 Å². The van der Waals surface area contributed by atoms with Crippen LogP contribution >= 0.6 is 0 Å². The monoisotopic (exact) mass is 478 g/mol. The minimum absolute atomic E-state index is 0.408. The van der Waals surface area contributed by atoms with E-state index in [1.54, 1.807) is 0 Å². The predicted molar refractivity (Wildman–Crippen MR) is 148 cm³/mol. The van der Waals surface area contributed by atoms with Crippen LogP contribution in [0.2, 0.25) is 0 Å². The van der Waals surface area contributed by atoms with Gasteiger partial charge in [-0.2, -0.15) is 5.53 Å². The normalized spacial score (nSPS) is 16.7. The molecule has 3 rings (SSSR count). The van der Waals surface area contributed by atoms with Crippen LogP contribution in [0.4, 0.5) is 0 Å². The van der Waals surface area contributed by atoms with Crippen molar-refractivity contribution in [1.29, 1.82) is 0 Å². The largest absolute Gasteiger partial charge is 0.309 e. The van der Waals surface area contributed by atoms with Gasteiger partial charge in [0.05, 0.1) is 6.54 Å². The topological polar surface area (TPSA) is 28.2 Å². The molecule has 1 aliphatic rings. The molecule has 0 aromatic heterocycles. The second kappa shape index (κ2) is 13.8. The highest BCUT2D eigenvalue weighted by atomic mass is 15.8. The van der Waals surface area contributed by atoms with Crippen molar-refractivity contribution in [2.75, 3.05) is 68.5 Å². The van der Waals surface area contributed by atoms with Gasteiger partial charge in [0.1, 0.15) is 0 Å². The highest BCUT2D eigenvalue weighted by Gasteiger charge is 2.25. The van der Waals surface area contributed by atoms with E-state index < -0.39 is 0 Å². The summed E-state index contributed by atoms with van der Waals surface area (Å²) in [6.45, 7) is 3.91. The summed E-state index contributed by atoms with van der Waals surface area (Å²) in [4.78, 5) is 6.97. The molecule has 0 amide bonds. The summed E-state index contributed by atoms with van der Waals surface area (Å²) in [5.41, 5.74) is 7.99. The molecule has 0 saturated heterocycles. The molecule has 0 aliphatic carbocycles. The standard InChI is InChI=1S/C29H46N6/c1-31(2)18-17-27-21-34(23-28(32(3)4)19-25-13-9-7-10-14-25)30-35(22-27)24-29(33(5)6)20-26-15-11-8-12-16-26/h7-16,21,28-30H,17-20,22-24H2,1-6H3. The molecule has 0 bridgehead atoms. The molecule has 35 heavy (non-hydrogen) atoms. The zero-order valence-corrected chi connectivity index (χ0v) is 22.7. The Morgan fingerprint density at radius 2 is 1.26 bits per heavy atom. The maximum atomic E-state index is 3.74. The van der Waals surface area contributed by atoms with Crippen molar-refractivity contribution in [3.05, 3.63) is 83.6 Å². The van der Waals surface area contributed by atoms with Crippen molar-refractivity contribution < 1.29 is 0 Å². The van der Waals surface area contributed by atoms with Crippen LogP contribution in [0, 0.1) is 0 Å². The van der Waals surface area contributed by atoms with Crippen molar-refractivity contribution in [1.82, 2.24) is 30.3 Å². The van der Waals surface area contributed by atoms with Crippen molar-refractivity contribution in [2.45, 2.75) is 31.3 Å². The zero-order chi connectivity index (χ0) is 25.2. The molecule has 2 aromatic carbocycles. The summed E-state index contributed by atoms with van der Waals surface area (Å²) in [7, 11) is 13.1. The third-order valence-electron chi connectivity index (χ3n) is 6.81.